The summed E-state index contributed by atoms with van der Waals surface area (Å²) < 4.78 is 4.28. The fourth-order valence-corrected chi connectivity index (χ4v) is 4.40. The Morgan fingerprint density at radius 3 is 2.72 bits per heavy atom. The summed E-state index contributed by atoms with van der Waals surface area (Å²) in [5.74, 6) is 0.799. The Labute approximate surface area is 188 Å². The van der Waals surface area contributed by atoms with Crippen molar-refractivity contribution in [3.8, 4) is 11.4 Å². The van der Waals surface area contributed by atoms with Gasteiger partial charge in [0.2, 0.25) is 0 Å². The first-order chi connectivity index (χ1) is 15.8. The van der Waals surface area contributed by atoms with Gasteiger partial charge in [0.05, 0.1) is 12.0 Å². The van der Waals surface area contributed by atoms with Crippen LogP contribution >= 0.6 is 0 Å². The molecule has 3 heterocycles. The van der Waals surface area contributed by atoms with E-state index >= 15 is 0 Å². The number of imidazole rings is 2. The second-order valence-electron chi connectivity index (χ2n) is 8.30. The van der Waals surface area contributed by atoms with Gasteiger partial charge in [0, 0.05) is 37.6 Å². The number of hydrogen-bond acceptors (Lipinski definition) is 3. The summed E-state index contributed by atoms with van der Waals surface area (Å²) in [7, 11) is 0. The first-order valence-electron chi connectivity index (χ1n) is 11.2. The number of nitrogens with one attached hydrogen (secondary N) is 1. The number of nitrogens with zero attached hydrogens (tertiary/aromatic N) is 4. The molecule has 6 nitrogen and oxygen atoms in total. The van der Waals surface area contributed by atoms with Gasteiger partial charge in [-0.1, -0.05) is 61.0 Å². The molecule has 0 atom stereocenters. The van der Waals surface area contributed by atoms with Crippen molar-refractivity contribution in [3.05, 3.63) is 95.8 Å². The largest absolute Gasteiger partial charge is 0.347 e. The minimum absolute atomic E-state index is 0.0992. The topological polar surface area (TPSA) is 64.7 Å². The number of fused-ring (bicyclic) bond motifs is 1. The van der Waals surface area contributed by atoms with Gasteiger partial charge < -0.3 is 14.5 Å². The Morgan fingerprint density at radius 1 is 1.00 bits per heavy atom. The van der Waals surface area contributed by atoms with E-state index in [2.05, 4.69) is 39.1 Å². The van der Waals surface area contributed by atoms with Crippen LogP contribution in [0.2, 0.25) is 0 Å². The summed E-state index contributed by atoms with van der Waals surface area (Å²) in [4.78, 5) is 22.1. The van der Waals surface area contributed by atoms with E-state index in [0.29, 0.717) is 12.2 Å². The second-order valence-corrected chi connectivity index (χ2v) is 8.30. The zero-order valence-corrected chi connectivity index (χ0v) is 18.1. The van der Waals surface area contributed by atoms with Gasteiger partial charge >= 0.3 is 0 Å². The zero-order chi connectivity index (χ0) is 21.8. The monoisotopic (exact) mass is 425 g/mol. The molecule has 0 bridgehead atoms. The molecule has 0 spiro atoms. The van der Waals surface area contributed by atoms with Crippen molar-refractivity contribution < 1.29 is 4.79 Å². The van der Waals surface area contributed by atoms with E-state index in [1.165, 1.54) is 12.0 Å². The molecule has 6 heteroatoms. The van der Waals surface area contributed by atoms with E-state index in [9.17, 15) is 4.79 Å². The third kappa shape index (κ3) is 4.35. The Bertz CT molecular complexity index is 1190. The highest BCUT2D eigenvalue weighted by molar-refractivity contribution is 5.94. The van der Waals surface area contributed by atoms with Crippen molar-refractivity contribution in [2.45, 2.75) is 45.3 Å². The van der Waals surface area contributed by atoms with Crippen LogP contribution in [0.15, 0.2) is 73.3 Å². The Hall–Kier alpha value is -3.67. The van der Waals surface area contributed by atoms with Gasteiger partial charge in [-0.15, -0.1) is 0 Å². The number of carbonyl (C=O) groups is 1. The van der Waals surface area contributed by atoms with Crippen LogP contribution in [0.3, 0.4) is 0 Å². The molecule has 1 N–H and O–H groups in total. The molecule has 2 aromatic heterocycles. The first kappa shape index (κ1) is 20.2. The SMILES string of the molecule is O=C(NCc1cccc(Cn2ccnc2)c1)c1nc(-c2ccccc2)n2c1CCCCC2. The highest BCUT2D eigenvalue weighted by atomic mass is 16.1. The molecule has 0 aliphatic carbocycles. The minimum Gasteiger partial charge on any atom is -0.347 e. The summed E-state index contributed by atoms with van der Waals surface area (Å²) in [6.07, 6.45) is 9.82. The van der Waals surface area contributed by atoms with E-state index < -0.39 is 0 Å². The number of amides is 1. The van der Waals surface area contributed by atoms with Crippen LogP contribution in [-0.2, 0) is 26.1 Å². The molecular weight excluding hydrogens is 398 g/mol. The Kier molecular flexibility index (Phi) is 5.83. The standard InChI is InChI=1S/C26H27N5O/c32-26(28-17-20-8-7-9-21(16-20)18-30-15-13-27-19-30)24-23-12-5-2-6-14-31(23)25(29-24)22-10-3-1-4-11-22/h1,3-4,7-11,13,15-16,19H,2,5-6,12,14,17-18H2,(H,28,32). The fourth-order valence-electron chi connectivity index (χ4n) is 4.40. The van der Waals surface area contributed by atoms with Crippen LogP contribution in [0, 0.1) is 0 Å². The van der Waals surface area contributed by atoms with Crippen LogP contribution in [0.4, 0.5) is 0 Å². The lowest BCUT2D eigenvalue weighted by Gasteiger charge is -2.09. The summed E-state index contributed by atoms with van der Waals surface area (Å²) in [5.41, 5.74) is 4.94. The summed E-state index contributed by atoms with van der Waals surface area (Å²) in [6, 6.07) is 18.5. The quantitative estimate of drug-likeness (QED) is 0.496. The zero-order valence-electron chi connectivity index (χ0n) is 18.1. The van der Waals surface area contributed by atoms with E-state index in [0.717, 1.165) is 55.0 Å². The maximum atomic E-state index is 13.2. The molecule has 2 aromatic carbocycles. The van der Waals surface area contributed by atoms with Crippen molar-refractivity contribution in [2.24, 2.45) is 0 Å². The highest BCUT2D eigenvalue weighted by Gasteiger charge is 2.24. The van der Waals surface area contributed by atoms with Gasteiger partial charge in [0.25, 0.3) is 5.91 Å². The fraction of sp³-hybridized carbons (Fsp3) is 0.269. The molecule has 0 saturated heterocycles. The van der Waals surface area contributed by atoms with E-state index in [1.54, 1.807) is 6.20 Å². The normalized spacial score (nSPS) is 13.4. The van der Waals surface area contributed by atoms with Crippen LogP contribution < -0.4 is 5.32 Å². The maximum Gasteiger partial charge on any atom is 0.272 e. The van der Waals surface area contributed by atoms with Crippen molar-refractivity contribution in [1.82, 2.24) is 24.4 Å². The lowest BCUT2D eigenvalue weighted by Crippen LogP contribution is -2.24. The molecule has 0 saturated carbocycles. The van der Waals surface area contributed by atoms with Gasteiger partial charge in [-0.05, 0) is 30.4 Å². The molecule has 1 aliphatic rings. The lowest BCUT2D eigenvalue weighted by atomic mass is 10.1. The lowest BCUT2D eigenvalue weighted by molar-refractivity contribution is 0.0945. The van der Waals surface area contributed by atoms with Crippen LogP contribution in [0.5, 0.6) is 0 Å². The van der Waals surface area contributed by atoms with Crippen LogP contribution in [0.25, 0.3) is 11.4 Å². The number of hydrogen-bond donors (Lipinski definition) is 1. The van der Waals surface area contributed by atoms with Gasteiger partial charge in [-0.25, -0.2) is 9.97 Å². The molecule has 1 aliphatic heterocycles. The third-order valence-electron chi connectivity index (χ3n) is 5.98. The van der Waals surface area contributed by atoms with Gasteiger partial charge in [-0.2, -0.15) is 0 Å². The number of aromatic nitrogens is 4. The van der Waals surface area contributed by atoms with E-state index in [1.807, 2.05) is 47.4 Å². The molecule has 4 aromatic rings. The van der Waals surface area contributed by atoms with Crippen molar-refractivity contribution in [2.75, 3.05) is 0 Å². The molecule has 162 valence electrons. The summed E-state index contributed by atoms with van der Waals surface area (Å²) in [6.45, 7) is 2.15. The molecule has 32 heavy (non-hydrogen) atoms. The minimum atomic E-state index is -0.0992. The van der Waals surface area contributed by atoms with Gasteiger partial charge in [0.15, 0.2) is 0 Å². The molecule has 0 unspecified atom stereocenters. The summed E-state index contributed by atoms with van der Waals surface area (Å²) >= 11 is 0. The predicted octanol–water partition coefficient (Wildman–Crippen LogP) is 4.45. The molecule has 5 rings (SSSR count). The van der Waals surface area contributed by atoms with E-state index in [4.69, 9.17) is 4.98 Å². The molecular formula is C26H27N5O. The number of rotatable bonds is 6. The third-order valence-corrected chi connectivity index (χ3v) is 5.98. The van der Waals surface area contributed by atoms with Crippen LogP contribution in [0.1, 0.15) is 46.6 Å². The number of benzene rings is 2. The predicted molar refractivity (Wildman–Crippen MR) is 124 cm³/mol. The average Bonchev–Trinajstić information content (AvgIpc) is 3.40. The Balaban J connectivity index is 1.35. The molecule has 1 amide bonds. The average molecular weight is 426 g/mol. The maximum absolute atomic E-state index is 13.2. The van der Waals surface area contributed by atoms with Gasteiger partial charge in [0.1, 0.15) is 11.5 Å². The van der Waals surface area contributed by atoms with Crippen molar-refractivity contribution >= 4 is 5.91 Å². The van der Waals surface area contributed by atoms with Crippen LogP contribution in [-0.4, -0.2) is 25.0 Å². The smallest absolute Gasteiger partial charge is 0.272 e. The van der Waals surface area contributed by atoms with Gasteiger partial charge in [-0.3, -0.25) is 4.79 Å². The second kappa shape index (κ2) is 9.22. The summed E-state index contributed by atoms with van der Waals surface area (Å²) in [5, 5.41) is 3.10. The number of carbonyl (C=O) groups excluding carboxylic acids is 1. The Morgan fingerprint density at radius 2 is 1.88 bits per heavy atom. The first-order valence-corrected chi connectivity index (χ1v) is 11.2. The molecule has 0 fully saturated rings. The van der Waals surface area contributed by atoms with Crippen molar-refractivity contribution in [3.63, 3.8) is 0 Å². The van der Waals surface area contributed by atoms with E-state index in [-0.39, 0.29) is 5.91 Å². The highest BCUT2D eigenvalue weighted by Crippen LogP contribution is 2.27. The molecule has 0 radical (unpaired) electrons. The van der Waals surface area contributed by atoms with Crippen molar-refractivity contribution in [1.29, 1.82) is 0 Å².